The fraction of sp³-hybridized carbons (Fsp3) is 0.444. The van der Waals surface area contributed by atoms with Crippen LogP contribution in [0.3, 0.4) is 0 Å². The van der Waals surface area contributed by atoms with Gasteiger partial charge >= 0.3 is 7.82 Å². The van der Waals surface area contributed by atoms with Crippen molar-refractivity contribution in [2.75, 3.05) is 13.2 Å². The SMILES string of the molecule is CCOP(=O)(OCC)Oc1cccnc1Cl. The number of hydrogen-bond donors (Lipinski definition) is 0. The van der Waals surface area contributed by atoms with E-state index in [4.69, 9.17) is 25.2 Å². The molecule has 0 fully saturated rings. The van der Waals surface area contributed by atoms with Crippen LogP contribution >= 0.6 is 19.4 Å². The first-order chi connectivity index (χ1) is 7.61. The molecule has 0 aliphatic rings. The Morgan fingerprint density at radius 3 is 2.50 bits per heavy atom. The molecule has 1 heterocycles. The standard InChI is InChI=1S/C9H13ClNO4P/c1-3-13-16(12,14-4-2)15-8-6-5-7-11-9(8)10/h5-7H,3-4H2,1-2H3. The van der Waals surface area contributed by atoms with Gasteiger partial charge in [-0.15, -0.1) is 0 Å². The van der Waals surface area contributed by atoms with E-state index in [-0.39, 0.29) is 24.1 Å². The number of rotatable bonds is 6. The molecule has 90 valence electrons. The third-order valence-corrected chi connectivity index (χ3v) is 3.36. The highest BCUT2D eigenvalue weighted by Gasteiger charge is 2.28. The molecule has 1 rings (SSSR count). The maximum atomic E-state index is 12.0. The lowest BCUT2D eigenvalue weighted by Gasteiger charge is -2.17. The monoisotopic (exact) mass is 265 g/mol. The van der Waals surface area contributed by atoms with Crippen LogP contribution in [0.1, 0.15) is 13.8 Å². The van der Waals surface area contributed by atoms with Crippen LogP contribution in [0.25, 0.3) is 0 Å². The van der Waals surface area contributed by atoms with Crippen molar-refractivity contribution in [3.05, 3.63) is 23.5 Å². The number of phosphoric ester groups is 1. The first-order valence-corrected chi connectivity index (χ1v) is 6.64. The summed E-state index contributed by atoms with van der Waals surface area (Å²) in [7, 11) is -3.59. The largest absolute Gasteiger partial charge is 0.530 e. The molecule has 0 radical (unpaired) electrons. The molecular weight excluding hydrogens is 253 g/mol. The highest BCUT2D eigenvalue weighted by Crippen LogP contribution is 2.50. The summed E-state index contributed by atoms with van der Waals surface area (Å²) in [6.45, 7) is 3.82. The highest BCUT2D eigenvalue weighted by atomic mass is 35.5. The molecule has 0 saturated heterocycles. The number of nitrogens with zero attached hydrogens (tertiary/aromatic N) is 1. The van der Waals surface area contributed by atoms with Crippen LogP contribution in [0, 0.1) is 0 Å². The van der Waals surface area contributed by atoms with Crippen molar-refractivity contribution < 1.29 is 18.1 Å². The van der Waals surface area contributed by atoms with Gasteiger partial charge < -0.3 is 4.52 Å². The summed E-state index contributed by atoms with van der Waals surface area (Å²) in [5.41, 5.74) is 0. The smallest absolute Gasteiger partial charge is 0.401 e. The summed E-state index contributed by atoms with van der Waals surface area (Å²) >= 11 is 5.76. The van der Waals surface area contributed by atoms with Gasteiger partial charge in [0.1, 0.15) is 0 Å². The number of aromatic nitrogens is 1. The summed E-state index contributed by atoms with van der Waals surface area (Å²) < 4.78 is 27.0. The van der Waals surface area contributed by atoms with Crippen molar-refractivity contribution in [2.45, 2.75) is 13.8 Å². The highest BCUT2D eigenvalue weighted by molar-refractivity contribution is 7.48. The van der Waals surface area contributed by atoms with E-state index in [1.54, 1.807) is 26.0 Å². The molecule has 0 aromatic carbocycles. The van der Waals surface area contributed by atoms with Crippen molar-refractivity contribution >= 4 is 19.4 Å². The van der Waals surface area contributed by atoms with Gasteiger partial charge in [0.2, 0.25) is 0 Å². The maximum absolute atomic E-state index is 12.0. The Labute approximate surface area is 99.3 Å². The molecule has 5 nitrogen and oxygen atoms in total. The van der Waals surface area contributed by atoms with Crippen molar-refractivity contribution in [2.24, 2.45) is 0 Å². The summed E-state index contributed by atoms with van der Waals surface area (Å²) in [5, 5.41) is 0.113. The van der Waals surface area contributed by atoms with Crippen LogP contribution in [-0.2, 0) is 13.6 Å². The van der Waals surface area contributed by atoms with E-state index >= 15 is 0 Å². The number of hydrogen-bond acceptors (Lipinski definition) is 5. The van der Waals surface area contributed by atoms with E-state index in [1.165, 1.54) is 6.20 Å². The van der Waals surface area contributed by atoms with Crippen LogP contribution < -0.4 is 4.52 Å². The Kier molecular flexibility index (Phi) is 5.22. The van der Waals surface area contributed by atoms with E-state index in [2.05, 4.69) is 4.98 Å². The van der Waals surface area contributed by atoms with Gasteiger partial charge in [-0.25, -0.2) is 9.55 Å². The lowest BCUT2D eigenvalue weighted by atomic mass is 10.5. The van der Waals surface area contributed by atoms with Crippen LogP contribution in [0.5, 0.6) is 5.75 Å². The summed E-state index contributed by atoms with van der Waals surface area (Å²) in [6.07, 6.45) is 1.50. The van der Waals surface area contributed by atoms with E-state index < -0.39 is 7.82 Å². The van der Waals surface area contributed by atoms with Gasteiger partial charge in [-0.2, -0.15) is 0 Å². The van der Waals surface area contributed by atoms with E-state index in [0.29, 0.717) is 0 Å². The molecule has 0 aliphatic carbocycles. The van der Waals surface area contributed by atoms with Gasteiger partial charge in [0, 0.05) is 6.20 Å². The van der Waals surface area contributed by atoms with Gasteiger partial charge in [-0.05, 0) is 26.0 Å². The molecule has 0 unspecified atom stereocenters. The van der Waals surface area contributed by atoms with E-state index in [9.17, 15) is 4.57 Å². The minimum atomic E-state index is -3.59. The first-order valence-electron chi connectivity index (χ1n) is 4.80. The van der Waals surface area contributed by atoms with Gasteiger partial charge in [0.25, 0.3) is 0 Å². The average molecular weight is 266 g/mol. The van der Waals surface area contributed by atoms with Crippen molar-refractivity contribution in [3.63, 3.8) is 0 Å². The average Bonchev–Trinajstić information content (AvgIpc) is 2.22. The molecular formula is C9H13ClNO4P. The summed E-state index contributed by atoms with van der Waals surface area (Å²) in [4.78, 5) is 3.79. The van der Waals surface area contributed by atoms with E-state index in [0.717, 1.165) is 0 Å². The van der Waals surface area contributed by atoms with Gasteiger partial charge in [0.15, 0.2) is 10.9 Å². The Morgan fingerprint density at radius 2 is 2.00 bits per heavy atom. The van der Waals surface area contributed by atoms with Crippen LogP contribution in [0.2, 0.25) is 5.15 Å². The quantitative estimate of drug-likeness (QED) is 0.583. The lowest BCUT2D eigenvalue weighted by molar-refractivity contribution is 0.167. The fourth-order valence-electron chi connectivity index (χ4n) is 0.966. The van der Waals surface area contributed by atoms with Crippen molar-refractivity contribution in [1.29, 1.82) is 0 Å². The van der Waals surface area contributed by atoms with Gasteiger partial charge in [-0.1, -0.05) is 11.6 Å². The molecule has 0 atom stereocenters. The second kappa shape index (κ2) is 6.21. The van der Waals surface area contributed by atoms with Crippen LogP contribution in [-0.4, -0.2) is 18.2 Å². The Hall–Kier alpha value is -0.610. The minimum absolute atomic E-state index is 0.113. The van der Waals surface area contributed by atoms with Crippen molar-refractivity contribution in [1.82, 2.24) is 4.98 Å². The molecule has 1 aromatic heterocycles. The second-order valence-corrected chi connectivity index (χ2v) is 4.62. The van der Waals surface area contributed by atoms with E-state index in [1.807, 2.05) is 0 Å². The Balaban J connectivity index is 2.83. The summed E-state index contributed by atoms with van der Waals surface area (Å²) in [5.74, 6) is 0.175. The van der Waals surface area contributed by atoms with Crippen LogP contribution in [0.15, 0.2) is 18.3 Å². The van der Waals surface area contributed by atoms with Crippen molar-refractivity contribution in [3.8, 4) is 5.75 Å². The normalized spacial score (nSPS) is 11.4. The zero-order valence-electron chi connectivity index (χ0n) is 9.05. The first kappa shape index (κ1) is 13.5. The maximum Gasteiger partial charge on any atom is 0.530 e. The molecule has 0 aliphatic heterocycles. The molecule has 0 N–H and O–H groups in total. The molecule has 1 aromatic rings. The minimum Gasteiger partial charge on any atom is -0.401 e. The molecule has 0 bridgehead atoms. The lowest BCUT2D eigenvalue weighted by Crippen LogP contribution is -2.02. The fourth-order valence-corrected chi connectivity index (χ4v) is 2.38. The van der Waals surface area contributed by atoms with Crippen LogP contribution in [0.4, 0.5) is 0 Å². The third-order valence-electron chi connectivity index (χ3n) is 1.51. The zero-order chi connectivity index (χ0) is 12.0. The Morgan fingerprint density at radius 1 is 1.38 bits per heavy atom. The topological polar surface area (TPSA) is 57.7 Å². The number of phosphoric acid groups is 1. The predicted octanol–water partition coefficient (Wildman–Crippen LogP) is 3.29. The number of halogens is 1. The second-order valence-electron chi connectivity index (χ2n) is 2.67. The Bertz CT molecular complexity index is 378. The van der Waals surface area contributed by atoms with Gasteiger partial charge in [0.05, 0.1) is 13.2 Å². The third kappa shape index (κ3) is 3.76. The predicted molar refractivity (Wildman–Crippen MR) is 60.7 cm³/mol. The zero-order valence-corrected chi connectivity index (χ0v) is 10.7. The van der Waals surface area contributed by atoms with Gasteiger partial charge in [-0.3, -0.25) is 9.05 Å². The molecule has 7 heteroatoms. The molecule has 0 saturated carbocycles. The number of pyridine rings is 1. The molecule has 16 heavy (non-hydrogen) atoms. The molecule has 0 spiro atoms. The molecule has 0 amide bonds. The summed E-state index contributed by atoms with van der Waals surface area (Å²) in [6, 6.07) is 3.16.